The lowest BCUT2D eigenvalue weighted by Crippen LogP contribution is -2.18. The van der Waals surface area contributed by atoms with E-state index in [-0.39, 0.29) is 33.1 Å². The molecule has 0 aliphatic rings. The zero-order chi connectivity index (χ0) is 23.3. The second kappa shape index (κ2) is 9.80. The van der Waals surface area contributed by atoms with Crippen LogP contribution in [0, 0.1) is 15.9 Å². The van der Waals surface area contributed by atoms with Crippen molar-refractivity contribution in [1.82, 2.24) is 0 Å². The number of carbonyl (C=O) groups excluding carboxylic acids is 3. The van der Waals surface area contributed by atoms with Gasteiger partial charge in [-0.25, -0.2) is 9.18 Å². The Labute approximate surface area is 185 Å². The van der Waals surface area contributed by atoms with Crippen molar-refractivity contribution >= 4 is 40.6 Å². The Kier molecular flexibility index (Phi) is 6.91. The fourth-order valence-electron chi connectivity index (χ4n) is 2.74. The Morgan fingerprint density at radius 1 is 0.969 bits per heavy atom. The second-order valence-electron chi connectivity index (χ2n) is 6.40. The highest BCUT2D eigenvalue weighted by Crippen LogP contribution is 2.24. The van der Waals surface area contributed by atoms with E-state index >= 15 is 0 Å². The number of amides is 1. The number of nitrogens with one attached hydrogen (secondary N) is 1. The molecule has 0 saturated carbocycles. The first-order valence-electron chi connectivity index (χ1n) is 9.07. The van der Waals surface area contributed by atoms with Crippen molar-refractivity contribution in [3.63, 3.8) is 0 Å². The van der Waals surface area contributed by atoms with E-state index in [0.717, 1.165) is 18.2 Å². The fourth-order valence-corrected chi connectivity index (χ4v) is 3.00. The minimum atomic E-state index is -0.916. The summed E-state index contributed by atoms with van der Waals surface area (Å²) >= 11 is 5.97. The third-order valence-corrected chi connectivity index (χ3v) is 4.62. The molecule has 0 bridgehead atoms. The highest BCUT2D eigenvalue weighted by Gasteiger charge is 2.20. The number of hydrogen-bond donors (Lipinski definition) is 1. The van der Waals surface area contributed by atoms with Crippen LogP contribution in [-0.4, -0.2) is 29.2 Å². The summed E-state index contributed by atoms with van der Waals surface area (Å²) in [5.41, 5.74) is -0.532. The van der Waals surface area contributed by atoms with E-state index < -0.39 is 35.0 Å². The molecule has 0 heterocycles. The summed E-state index contributed by atoms with van der Waals surface area (Å²) in [6, 6.07) is 14.5. The van der Waals surface area contributed by atoms with E-state index in [0.29, 0.717) is 0 Å². The van der Waals surface area contributed by atoms with Crippen LogP contribution >= 0.6 is 11.6 Å². The summed E-state index contributed by atoms with van der Waals surface area (Å²) in [6.45, 7) is -0.698. The summed E-state index contributed by atoms with van der Waals surface area (Å²) in [5, 5.41) is 13.2. The van der Waals surface area contributed by atoms with Crippen LogP contribution in [0.15, 0.2) is 66.7 Å². The Bertz CT molecular complexity index is 1230. The molecule has 10 heteroatoms. The first kappa shape index (κ1) is 22.6. The maximum absolute atomic E-state index is 13.7. The van der Waals surface area contributed by atoms with E-state index in [1.165, 1.54) is 42.5 Å². The fraction of sp³-hybridized carbons (Fsp3) is 0.0455. The average Bonchev–Trinajstić information content (AvgIpc) is 2.77. The molecule has 162 valence electrons. The molecule has 32 heavy (non-hydrogen) atoms. The minimum absolute atomic E-state index is 0.0461. The number of ketones is 1. The van der Waals surface area contributed by atoms with Gasteiger partial charge < -0.3 is 10.1 Å². The van der Waals surface area contributed by atoms with Crippen LogP contribution in [0.1, 0.15) is 31.1 Å². The number of carbonyl (C=O) groups is 3. The number of nitro groups is 1. The Balaban J connectivity index is 1.73. The van der Waals surface area contributed by atoms with Crippen LogP contribution < -0.4 is 5.32 Å². The van der Waals surface area contributed by atoms with E-state index in [4.69, 9.17) is 16.3 Å². The lowest BCUT2D eigenvalue weighted by Gasteiger charge is -2.11. The number of para-hydroxylation sites is 1. The van der Waals surface area contributed by atoms with E-state index in [2.05, 4.69) is 5.32 Å². The number of hydrogen-bond acceptors (Lipinski definition) is 6. The summed E-state index contributed by atoms with van der Waals surface area (Å²) < 4.78 is 18.7. The van der Waals surface area contributed by atoms with Crippen molar-refractivity contribution in [2.24, 2.45) is 0 Å². The number of esters is 1. The van der Waals surface area contributed by atoms with Crippen molar-refractivity contribution in [3.8, 4) is 0 Å². The van der Waals surface area contributed by atoms with Gasteiger partial charge in [0.05, 0.1) is 32.3 Å². The third-order valence-electron chi connectivity index (χ3n) is 4.31. The molecule has 3 rings (SSSR count). The summed E-state index contributed by atoms with van der Waals surface area (Å²) in [5.74, 6) is -3.09. The molecule has 0 saturated heterocycles. The van der Waals surface area contributed by atoms with Gasteiger partial charge in [-0.3, -0.25) is 19.7 Å². The molecule has 1 amide bonds. The van der Waals surface area contributed by atoms with Gasteiger partial charge in [0, 0.05) is 12.1 Å². The van der Waals surface area contributed by atoms with Crippen LogP contribution in [-0.2, 0) is 4.74 Å². The number of Topliss-reactive ketones (excluding diaryl/α,β-unsaturated/α-hetero) is 1. The first-order valence-corrected chi connectivity index (χ1v) is 9.45. The van der Waals surface area contributed by atoms with Gasteiger partial charge in [-0.1, -0.05) is 35.9 Å². The monoisotopic (exact) mass is 456 g/mol. The smallest absolute Gasteiger partial charge is 0.340 e. The van der Waals surface area contributed by atoms with Crippen LogP contribution in [0.2, 0.25) is 5.02 Å². The highest BCUT2D eigenvalue weighted by molar-refractivity contribution is 6.34. The van der Waals surface area contributed by atoms with Gasteiger partial charge in [0.1, 0.15) is 5.82 Å². The molecule has 0 spiro atoms. The van der Waals surface area contributed by atoms with Gasteiger partial charge in [0.25, 0.3) is 11.6 Å². The van der Waals surface area contributed by atoms with Gasteiger partial charge in [-0.15, -0.1) is 0 Å². The number of nitrogens with zero attached hydrogens (tertiary/aromatic N) is 1. The highest BCUT2D eigenvalue weighted by atomic mass is 35.5. The molecule has 0 fully saturated rings. The standard InChI is InChI=1S/C22H14ClFN2O6/c23-17-11-13(26(30)31)9-10-14(17)21(28)25-19-8-4-2-6-16(19)22(29)32-12-20(27)15-5-1-3-7-18(15)24/h1-11H,12H2,(H,25,28). The number of nitro benzene ring substituents is 1. The van der Waals surface area contributed by atoms with E-state index in [9.17, 15) is 28.9 Å². The zero-order valence-corrected chi connectivity index (χ0v) is 17.0. The molecule has 3 aromatic rings. The summed E-state index contributed by atoms with van der Waals surface area (Å²) in [6.07, 6.45) is 0. The largest absolute Gasteiger partial charge is 0.454 e. The van der Waals surface area contributed by atoms with Crippen LogP contribution in [0.4, 0.5) is 15.8 Å². The normalized spacial score (nSPS) is 10.3. The number of anilines is 1. The van der Waals surface area contributed by atoms with Crippen LogP contribution in [0.5, 0.6) is 0 Å². The second-order valence-corrected chi connectivity index (χ2v) is 6.81. The molecule has 0 radical (unpaired) electrons. The van der Waals surface area contributed by atoms with Gasteiger partial charge >= 0.3 is 5.97 Å². The number of ether oxygens (including phenoxy) is 1. The molecule has 0 aromatic heterocycles. The summed E-state index contributed by atoms with van der Waals surface area (Å²) in [4.78, 5) is 47.3. The third kappa shape index (κ3) is 5.13. The molecular formula is C22H14ClFN2O6. The lowest BCUT2D eigenvalue weighted by molar-refractivity contribution is -0.384. The van der Waals surface area contributed by atoms with Crippen molar-refractivity contribution in [3.05, 3.63) is 104 Å². The molecule has 0 unspecified atom stereocenters. The lowest BCUT2D eigenvalue weighted by atomic mass is 10.1. The Hall–Kier alpha value is -4.11. The molecule has 3 aromatic carbocycles. The first-order chi connectivity index (χ1) is 15.3. The maximum Gasteiger partial charge on any atom is 0.340 e. The Morgan fingerprint density at radius 2 is 1.62 bits per heavy atom. The van der Waals surface area contributed by atoms with Crippen LogP contribution in [0.25, 0.3) is 0 Å². The number of benzene rings is 3. The number of halogens is 2. The maximum atomic E-state index is 13.7. The molecular weight excluding hydrogens is 443 g/mol. The summed E-state index contributed by atoms with van der Waals surface area (Å²) in [7, 11) is 0. The van der Waals surface area contributed by atoms with E-state index in [1.54, 1.807) is 6.07 Å². The molecule has 0 atom stereocenters. The number of non-ortho nitro benzene ring substituents is 1. The van der Waals surface area contributed by atoms with Gasteiger partial charge in [-0.2, -0.15) is 0 Å². The molecule has 0 aliphatic heterocycles. The van der Waals surface area contributed by atoms with E-state index in [1.807, 2.05) is 0 Å². The molecule has 1 N–H and O–H groups in total. The van der Waals surface area contributed by atoms with Crippen molar-refractivity contribution in [1.29, 1.82) is 0 Å². The van der Waals surface area contributed by atoms with Gasteiger partial charge in [0.15, 0.2) is 6.61 Å². The SMILES string of the molecule is O=C(COC(=O)c1ccccc1NC(=O)c1ccc([N+](=O)[O-])cc1Cl)c1ccccc1F. The predicted molar refractivity (Wildman–Crippen MR) is 114 cm³/mol. The average molecular weight is 457 g/mol. The van der Waals surface area contributed by atoms with Crippen molar-refractivity contribution in [2.45, 2.75) is 0 Å². The Morgan fingerprint density at radius 3 is 2.28 bits per heavy atom. The topological polar surface area (TPSA) is 116 Å². The zero-order valence-electron chi connectivity index (χ0n) is 16.2. The quantitative estimate of drug-likeness (QED) is 0.239. The van der Waals surface area contributed by atoms with Gasteiger partial charge in [0.2, 0.25) is 5.78 Å². The van der Waals surface area contributed by atoms with Crippen molar-refractivity contribution in [2.75, 3.05) is 11.9 Å². The van der Waals surface area contributed by atoms with Crippen LogP contribution in [0.3, 0.4) is 0 Å². The minimum Gasteiger partial charge on any atom is -0.454 e. The van der Waals surface area contributed by atoms with Gasteiger partial charge in [-0.05, 0) is 30.3 Å². The van der Waals surface area contributed by atoms with Crippen molar-refractivity contribution < 1.29 is 28.4 Å². The predicted octanol–water partition coefficient (Wildman–Crippen LogP) is 4.68. The number of rotatable bonds is 7. The molecule has 8 nitrogen and oxygen atoms in total. The molecule has 0 aliphatic carbocycles.